The molecule has 0 aliphatic carbocycles. The van der Waals surface area contributed by atoms with E-state index < -0.39 is 17.8 Å². The van der Waals surface area contributed by atoms with Crippen LogP contribution >= 0.6 is 0 Å². The fourth-order valence-corrected chi connectivity index (χ4v) is 4.21. The molecule has 2 aliphatic rings. The van der Waals surface area contributed by atoms with E-state index in [4.69, 9.17) is 4.74 Å². The van der Waals surface area contributed by atoms with Gasteiger partial charge in [-0.3, -0.25) is 9.88 Å². The monoisotopic (exact) mass is 402 g/mol. The Hall–Kier alpha value is -2.83. The number of piperidine rings is 1. The van der Waals surface area contributed by atoms with Crippen molar-refractivity contribution < 1.29 is 22.7 Å². The molecule has 1 aromatic carbocycles. The number of fused-ring (bicyclic) bond motifs is 2. The Morgan fingerprint density at radius 3 is 2.69 bits per heavy atom. The van der Waals surface area contributed by atoms with Crippen molar-refractivity contribution in [2.24, 2.45) is 0 Å². The zero-order valence-corrected chi connectivity index (χ0v) is 15.7. The topological polar surface area (TPSA) is 42.4 Å². The lowest BCUT2D eigenvalue weighted by Crippen LogP contribution is -2.51. The van der Waals surface area contributed by atoms with Gasteiger partial charge in [0.05, 0.1) is 11.6 Å². The molecule has 2 bridgehead atoms. The Morgan fingerprint density at radius 2 is 1.97 bits per heavy atom. The highest BCUT2D eigenvalue weighted by Gasteiger charge is 2.40. The number of carbonyl (C=O) groups excluding carboxylic acids is 1. The van der Waals surface area contributed by atoms with Crippen LogP contribution in [0.2, 0.25) is 0 Å². The molecule has 1 amide bonds. The maximum atomic E-state index is 13.4. The predicted octanol–water partition coefficient (Wildman–Crippen LogP) is 5.45. The molecule has 1 aromatic heterocycles. The summed E-state index contributed by atoms with van der Waals surface area (Å²) in [5.74, 6) is 0. The summed E-state index contributed by atoms with van der Waals surface area (Å²) in [6.07, 6.45) is 2.11. The number of hydrogen-bond acceptors (Lipinski definition) is 3. The first kappa shape index (κ1) is 19.5. The van der Waals surface area contributed by atoms with Gasteiger partial charge in [-0.05, 0) is 42.9 Å². The van der Waals surface area contributed by atoms with E-state index >= 15 is 0 Å². The predicted molar refractivity (Wildman–Crippen MR) is 102 cm³/mol. The average Bonchev–Trinajstić information content (AvgIpc) is 2.71. The number of ether oxygens (including phenoxy) is 1. The van der Waals surface area contributed by atoms with Gasteiger partial charge >= 0.3 is 12.3 Å². The molecule has 0 radical (unpaired) electrons. The van der Waals surface area contributed by atoms with Crippen molar-refractivity contribution >= 4 is 11.7 Å². The summed E-state index contributed by atoms with van der Waals surface area (Å²) in [4.78, 5) is 18.3. The van der Waals surface area contributed by atoms with E-state index in [1.165, 1.54) is 6.20 Å². The summed E-state index contributed by atoms with van der Waals surface area (Å²) in [6.45, 7) is 0.174. The molecule has 2 unspecified atom stereocenters. The average molecular weight is 402 g/mol. The van der Waals surface area contributed by atoms with Gasteiger partial charge in [0.25, 0.3) is 0 Å². The van der Waals surface area contributed by atoms with Crippen molar-refractivity contribution in [1.29, 1.82) is 0 Å². The molecule has 1 saturated heterocycles. The normalized spacial score (nSPS) is 21.5. The van der Waals surface area contributed by atoms with Gasteiger partial charge in [0, 0.05) is 24.0 Å². The first-order chi connectivity index (χ1) is 13.9. The van der Waals surface area contributed by atoms with Crippen molar-refractivity contribution in [2.75, 3.05) is 0 Å². The highest BCUT2D eigenvalue weighted by atomic mass is 19.4. The highest BCUT2D eigenvalue weighted by Crippen LogP contribution is 2.41. The summed E-state index contributed by atoms with van der Waals surface area (Å²) < 4.78 is 45.7. The van der Waals surface area contributed by atoms with E-state index in [-0.39, 0.29) is 24.3 Å². The second-order valence-electron chi connectivity index (χ2n) is 7.41. The number of carbonyl (C=O) groups is 1. The van der Waals surface area contributed by atoms with Crippen LogP contribution in [0.15, 0.2) is 54.9 Å². The van der Waals surface area contributed by atoms with E-state index in [1.54, 1.807) is 11.0 Å². The minimum absolute atomic E-state index is 0.106. The number of amides is 1. The quantitative estimate of drug-likeness (QED) is 0.686. The van der Waals surface area contributed by atoms with Crippen LogP contribution in [0.4, 0.5) is 18.0 Å². The number of alkyl halides is 3. The highest BCUT2D eigenvalue weighted by molar-refractivity contribution is 5.75. The third kappa shape index (κ3) is 4.13. The number of halogens is 3. The Morgan fingerprint density at radius 1 is 1.17 bits per heavy atom. The second kappa shape index (κ2) is 7.89. The van der Waals surface area contributed by atoms with E-state index in [0.29, 0.717) is 18.4 Å². The van der Waals surface area contributed by atoms with Gasteiger partial charge in [0.15, 0.2) is 0 Å². The number of rotatable bonds is 3. The summed E-state index contributed by atoms with van der Waals surface area (Å²) in [5.41, 5.74) is 0.919. The van der Waals surface area contributed by atoms with Gasteiger partial charge in [-0.25, -0.2) is 4.79 Å². The molecule has 3 heterocycles. The van der Waals surface area contributed by atoms with Gasteiger partial charge < -0.3 is 4.74 Å². The first-order valence-corrected chi connectivity index (χ1v) is 9.65. The molecule has 7 heteroatoms. The largest absolute Gasteiger partial charge is 0.445 e. The van der Waals surface area contributed by atoms with E-state index in [1.807, 2.05) is 30.3 Å². The van der Waals surface area contributed by atoms with E-state index in [0.717, 1.165) is 30.7 Å². The van der Waals surface area contributed by atoms with Gasteiger partial charge in [-0.2, -0.15) is 13.2 Å². The van der Waals surface area contributed by atoms with Crippen LogP contribution in [0.25, 0.3) is 5.57 Å². The summed E-state index contributed by atoms with van der Waals surface area (Å²) in [7, 11) is 0. The fraction of sp³-hybridized carbons (Fsp3) is 0.364. The van der Waals surface area contributed by atoms with Crippen LogP contribution in [0, 0.1) is 0 Å². The number of nitrogens with zero attached hydrogens (tertiary/aromatic N) is 2. The molecule has 2 aromatic rings. The third-order valence-corrected chi connectivity index (χ3v) is 5.53. The zero-order valence-electron chi connectivity index (χ0n) is 15.7. The number of benzene rings is 1. The molecular formula is C22H21F3N2O2. The SMILES string of the molecule is O=C(OCc1ccccc1)N1C2C=C(c3cnccc3C(F)(F)F)CC1CCC2. The minimum atomic E-state index is -4.44. The Kier molecular flexibility index (Phi) is 5.30. The molecule has 4 nitrogen and oxygen atoms in total. The molecule has 152 valence electrons. The van der Waals surface area contributed by atoms with Crippen LogP contribution in [0.3, 0.4) is 0 Å². The van der Waals surface area contributed by atoms with Crippen molar-refractivity contribution in [3.8, 4) is 0 Å². The molecule has 0 N–H and O–H groups in total. The summed E-state index contributed by atoms with van der Waals surface area (Å²) in [5, 5.41) is 0. The van der Waals surface area contributed by atoms with Crippen molar-refractivity contribution in [3.05, 3.63) is 71.6 Å². The van der Waals surface area contributed by atoms with Crippen molar-refractivity contribution in [3.63, 3.8) is 0 Å². The lowest BCUT2D eigenvalue weighted by Gasteiger charge is -2.44. The molecule has 29 heavy (non-hydrogen) atoms. The maximum Gasteiger partial charge on any atom is 0.417 e. The van der Waals surface area contributed by atoms with Crippen molar-refractivity contribution in [1.82, 2.24) is 9.88 Å². The summed E-state index contributed by atoms with van der Waals surface area (Å²) >= 11 is 0. The first-order valence-electron chi connectivity index (χ1n) is 9.65. The lowest BCUT2D eigenvalue weighted by molar-refractivity contribution is -0.137. The molecule has 0 spiro atoms. The van der Waals surface area contributed by atoms with Gasteiger partial charge in [-0.15, -0.1) is 0 Å². The zero-order chi connectivity index (χ0) is 20.4. The molecule has 2 aliphatic heterocycles. The molecule has 4 rings (SSSR count). The number of pyridine rings is 1. The Bertz CT molecular complexity index is 912. The third-order valence-electron chi connectivity index (χ3n) is 5.53. The molecule has 0 saturated carbocycles. The van der Waals surface area contributed by atoms with Crippen LogP contribution < -0.4 is 0 Å². The molecular weight excluding hydrogens is 381 g/mol. The number of hydrogen-bond donors (Lipinski definition) is 0. The Labute approximate surface area is 167 Å². The van der Waals surface area contributed by atoms with Crippen LogP contribution in [-0.4, -0.2) is 28.1 Å². The smallest absolute Gasteiger partial charge is 0.417 e. The Balaban J connectivity index is 1.56. The van der Waals surface area contributed by atoms with Crippen LogP contribution in [0.1, 0.15) is 42.4 Å². The van der Waals surface area contributed by atoms with Crippen LogP contribution in [0.5, 0.6) is 0 Å². The lowest BCUT2D eigenvalue weighted by atomic mass is 9.82. The fourth-order valence-electron chi connectivity index (χ4n) is 4.21. The molecule has 2 atom stereocenters. The second-order valence-corrected chi connectivity index (χ2v) is 7.41. The maximum absolute atomic E-state index is 13.4. The van der Waals surface area contributed by atoms with E-state index in [9.17, 15) is 18.0 Å². The van der Waals surface area contributed by atoms with Crippen molar-refractivity contribution in [2.45, 2.75) is 50.6 Å². The van der Waals surface area contributed by atoms with Gasteiger partial charge in [-0.1, -0.05) is 36.4 Å². The van der Waals surface area contributed by atoms with Crippen LogP contribution in [-0.2, 0) is 17.5 Å². The van der Waals surface area contributed by atoms with E-state index in [2.05, 4.69) is 4.98 Å². The minimum Gasteiger partial charge on any atom is -0.445 e. The summed E-state index contributed by atoms with van der Waals surface area (Å²) in [6, 6.07) is 9.97. The van der Waals surface area contributed by atoms with Gasteiger partial charge in [0.2, 0.25) is 0 Å². The molecule has 1 fully saturated rings. The standard InChI is InChI=1S/C22H21F3N2O2/c23-22(24,25)20-9-10-26-13-19(20)16-11-17-7-4-8-18(12-16)27(17)21(28)29-14-15-5-2-1-3-6-15/h1-3,5-6,9-11,13,17-18H,4,7-8,12,14H2. The van der Waals surface area contributed by atoms with Gasteiger partial charge in [0.1, 0.15) is 6.61 Å². The number of aromatic nitrogens is 1.